The van der Waals surface area contributed by atoms with Crippen molar-refractivity contribution in [2.75, 3.05) is 36.5 Å². The van der Waals surface area contributed by atoms with Crippen molar-refractivity contribution in [3.8, 4) is 0 Å². The summed E-state index contributed by atoms with van der Waals surface area (Å²) in [5, 5.41) is 12.0. The van der Waals surface area contributed by atoms with Crippen LogP contribution in [0.15, 0.2) is 6.33 Å². The van der Waals surface area contributed by atoms with Gasteiger partial charge in [0, 0.05) is 18.7 Å². The molecule has 1 aromatic rings. The SMILES string of the molecule is CCCNc1ncnc(N(CCO)CC(F)(F)F)c1C. The fourth-order valence-corrected chi connectivity index (χ4v) is 1.78. The Morgan fingerprint density at radius 2 is 2.05 bits per heavy atom. The zero-order valence-corrected chi connectivity index (χ0v) is 11.5. The van der Waals surface area contributed by atoms with E-state index < -0.39 is 12.7 Å². The monoisotopic (exact) mass is 292 g/mol. The highest BCUT2D eigenvalue weighted by atomic mass is 19.4. The molecule has 114 valence electrons. The number of halogens is 3. The number of hydrogen-bond acceptors (Lipinski definition) is 5. The van der Waals surface area contributed by atoms with E-state index in [2.05, 4.69) is 15.3 Å². The fraction of sp³-hybridized carbons (Fsp3) is 0.667. The topological polar surface area (TPSA) is 61.3 Å². The second-order valence-electron chi connectivity index (χ2n) is 4.36. The van der Waals surface area contributed by atoms with Crippen molar-refractivity contribution in [1.29, 1.82) is 0 Å². The summed E-state index contributed by atoms with van der Waals surface area (Å²) in [5.41, 5.74) is 0.540. The summed E-state index contributed by atoms with van der Waals surface area (Å²) in [6.45, 7) is 2.65. The van der Waals surface area contributed by atoms with Crippen LogP contribution in [0.1, 0.15) is 18.9 Å². The summed E-state index contributed by atoms with van der Waals surface area (Å²) in [4.78, 5) is 8.94. The molecule has 0 bridgehead atoms. The number of aliphatic hydroxyl groups excluding tert-OH is 1. The van der Waals surface area contributed by atoms with E-state index in [1.165, 1.54) is 6.33 Å². The van der Waals surface area contributed by atoms with E-state index in [4.69, 9.17) is 5.11 Å². The third-order valence-corrected chi connectivity index (χ3v) is 2.64. The van der Waals surface area contributed by atoms with Crippen molar-refractivity contribution in [2.45, 2.75) is 26.4 Å². The van der Waals surface area contributed by atoms with Gasteiger partial charge in [-0.05, 0) is 13.3 Å². The van der Waals surface area contributed by atoms with Gasteiger partial charge in [-0.15, -0.1) is 0 Å². The highest BCUT2D eigenvalue weighted by Crippen LogP contribution is 2.25. The molecule has 0 aliphatic heterocycles. The largest absolute Gasteiger partial charge is 0.405 e. The molecule has 0 fully saturated rings. The minimum absolute atomic E-state index is 0.134. The lowest BCUT2D eigenvalue weighted by molar-refractivity contribution is -0.120. The molecule has 8 heteroatoms. The number of rotatable bonds is 7. The van der Waals surface area contributed by atoms with Crippen molar-refractivity contribution in [2.24, 2.45) is 0 Å². The highest BCUT2D eigenvalue weighted by molar-refractivity contribution is 5.58. The molecule has 1 heterocycles. The van der Waals surface area contributed by atoms with Gasteiger partial charge in [0.2, 0.25) is 0 Å². The molecule has 0 saturated heterocycles. The van der Waals surface area contributed by atoms with Gasteiger partial charge in [0.1, 0.15) is 24.5 Å². The molecule has 0 spiro atoms. The van der Waals surface area contributed by atoms with Gasteiger partial charge < -0.3 is 15.3 Å². The Morgan fingerprint density at radius 1 is 1.35 bits per heavy atom. The van der Waals surface area contributed by atoms with E-state index >= 15 is 0 Å². The molecule has 2 N–H and O–H groups in total. The van der Waals surface area contributed by atoms with Crippen molar-refractivity contribution in [3.05, 3.63) is 11.9 Å². The van der Waals surface area contributed by atoms with Crippen LogP contribution in [0.3, 0.4) is 0 Å². The third-order valence-electron chi connectivity index (χ3n) is 2.64. The minimum Gasteiger partial charge on any atom is -0.395 e. The Bertz CT molecular complexity index is 426. The number of aliphatic hydroxyl groups is 1. The second-order valence-corrected chi connectivity index (χ2v) is 4.36. The number of nitrogens with zero attached hydrogens (tertiary/aromatic N) is 3. The summed E-state index contributed by atoms with van der Waals surface area (Å²) >= 11 is 0. The zero-order valence-electron chi connectivity index (χ0n) is 11.5. The van der Waals surface area contributed by atoms with Gasteiger partial charge in [0.25, 0.3) is 0 Å². The quantitative estimate of drug-likeness (QED) is 0.804. The molecule has 1 rings (SSSR count). The van der Waals surface area contributed by atoms with Gasteiger partial charge >= 0.3 is 6.18 Å². The maximum Gasteiger partial charge on any atom is 0.405 e. The summed E-state index contributed by atoms with van der Waals surface area (Å²) in [6.07, 6.45) is -2.26. The van der Waals surface area contributed by atoms with E-state index in [9.17, 15) is 13.2 Å². The number of hydrogen-bond donors (Lipinski definition) is 2. The lowest BCUT2D eigenvalue weighted by Gasteiger charge is -2.26. The van der Waals surface area contributed by atoms with Crippen LogP contribution < -0.4 is 10.2 Å². The lowest BCUT2D eigenvalue weighted by atomic mass is 10.2. The number of aromatic nitrogens is 2. The van der Waals surface area contributed by atoms with E-state index in [-0.39, 0.29) is 19.0 Å². The first kappa shape index (κ1) is 16.5. The fourth-order valence-electron chi connectivity index (χ4n) is 1.78. The Hall–Kier alpha value is -1.57. The van der Waals surface area contributed by atoms with Crippen LogP contribution in [-0.2, 0) is 0 Å². The predicted octanol–water partition coefficient (Wildman–Crippen LogP) is 1.97. The second kappa shape index (κ2) is 7.28. The molecule has 0 aliphatic carbocycles. The normalized spacial score (nSPS) is 11.5. The first-order chi connectivity index (χ1) is 9.39. The maximum atomic E-state index is 12.6. The average Bonchev–Trinajstić information content (AvgIpc) is 2.35. The molecule has 0 radical (unpaired) electrons. The Morgan fingerprint density at radius 3 is 2.60 bits per heavy atom. The molecule has 0 amide bonds. The molecule has 0 saturated carbocycles. The van der Waals surface area contributed by atoms with Crippen LogP contribution in [-0.4, -0.2) is 47.5 Å². The van der Waals surface area contributed by atoms with Gasteiger partial charge in [-0.2, -0.15) is 13.2 Å². The average molecular weight is 292 g/mol. The van der Waals surface area contributed by atoms with Crippen LogP contribution >= 0.6 is 0 Å². The summed E-state index contributed by atoms with van der Waals surface area (Å²) in [5.74, 6) is 0.701. The molecule has 0 aliphatic rings. The molecular formula is C12H19F3N4O. The van der Waals surface area contributed by atoms with Gasteiger partial charge in [-0.1, -0.05) is 6.92 Å². The summed E-state index contributed by atoms with van der Waals surface area (Å²) in [7, 11) is 0. The predicted molar refractivity (Wildman–Crippen MR) is 70.9 cm³/mol. The Kier molecular flexibility index (Phi) is 6.00. The molecule has 0 aromatic carbocycles. The van der Waals surface area contributed by atoms with Gasteiger partial charge in [-0.25, -0.2) is 9.97 Å². The van der Waals surface area contributed by atoms with Gasteiger partial charge in [0.05, 0.1) is 6.61 Å². The van der Waals surface area contributed by atoms with Gasteiger partial charge in [-0.3, -0.25) is 0 Å². The standard InChI is InChI=1S/C12H19F3N4O/c1-3-4-16-10-9(2)11(18-8-17-10)19(5-6-20)7-12(13,14)15/h8,20H,3-7H2,1-2H3,(H,16,17,18). The van der Waals surface area contributed by atoms with Crippen molar-refractivity contribution in [1.82, 2.24) is 9.97 Å². The first-order valence-corrected chi connectivity index (χ1v) is 6.37. The van der Waals surface area contributed by atoms with Gasteiger partial charge in [0.15, 0.2) is 0 Å². The van der Waals surface area contributed by atoms with Crippen LogP contribution in [0.2, 0.25) is 0 Å². The van der Waals surface area contributed by atoms with E-state index in [0.29, 0.717) is 17.9 Å². The number of nitrogens with one attached hydrogen (secondary N) is 1. The molecule has 5 nitrogen and oxygen atoms in total. The Balaban J connectivity index is 3.00. The van der Waals surface area contributed by atoms with Crippen LogP contribution in [0.5, 0.6) is 0 Å². The zero-order chi connectivity index (χ0) is 15.2. The van der Waals surface area contributed by atoms with Crippen LogP contribution in [0, 0.1) is 6.92 Å². The smallest absolute Gasteiger partial charge is 0.395 e. The van der Waals surface area contributed by atoms with Crippen molar-refractivity contribution in [3.63, 3.8) is 0 Å². The van der Waals surface area contributed by atoms with E-state index in [1.54, 1.807) is 6.92 Å². The van der Waals surface area contributed by atoms with Crippen molar-refractivity contribution < 1.29 is 18.3 Å². The number of alkyl halides is 3. The maximum absolute atomic E-state index is 12.6. The lowest BCUT2D eigenvalue weighted by Crippen LogP contribution is -2.37. The molecular weight excluding hydrogens is 273 g/mol. The first-order valence-electron chi connectivity index (χ1n) is 6.37. The van der Waals surface area contributed by atoms with Crippen LogP contribution in [0.25, 0.3) is 0 Å². The molecule has 20 heavy (non-hydrogen) atoms. The molecule has 0 unspecified atom stereocenters. The Labute approximate surface area is 115 Å². The van der Waals surface area contributed by atoms with E-state index in [0.717, 1.165) is 11.3 Å². The molecule has 1 aromatic heterocycles. The van der Waals surface area contributed by atoms with E-state index in [1.807, 2.05) is 6.92 Å². The number of anilines is 2. The molecule has 0 atom stereocenters. The summed E-state index contributed by atoms with van der Waals surface area (Å²) < 4.78 is 37.7. The minimum atomic E-state index is -4.36. The third kappa shape index (κ3) is 4.84. The van der Waals surface area contributed by atoms with Crippen molar-refractivity contribution >= 4 is 11.6 Å². The van der Waals surface area contributed by atoms with Crippen LogP contribution in [0.4, 0.5) is 24.8 Å². The highest BCUT2D eigenvalue weighted by Gasteiger charge is 2.32. The summed E-state index contributed by atoms with van der Waals surface area (Å²) in [6, 6.07) is 0.